The molecule has 1 amide bonds. The highest BCUT2D eigenvalue weighted by Gasteiger charge is 2.12. The molecule has 0 fully saturated rings. The predicted octanol–water partition coefficient (Wildman–Crippen LogP) is 4.23. The molecule has 0 aliphatic heterocycles. The number of ketones is 1. The van der Waals surface area contributed by atoms with Crippen molar-refractivity contribution < 1.29 is 23.1 Å². The first kappa shape index (κ1) is 20.6. The first-order valence-corrected chi connectivity index (χ1v) is 8.76. The van der Waals surface area contributed by atoms with Crippen LogP contribution in [0.3, 0.4) is 0 Å². The van der Waals surface area contributed by atoms with Crippen molar-refractivity contribution in [2.75, 3.05) is 6.54 Å². The Hall–Kier alpha value is -2.76. The maximum Gasteiger partial charge on any atom is 0.387 e. The van der Waals surface area contributed by atoms with Gasteiger partial charge in [-0.25, -0.2) is 0 Å². The molecule has 0 atom stereocenters. The van der Waals surface area contributed by atoms with Crippen molar-refractivity contribution in [3.63, 3.8) is 0 Å². The molecule has 0 aliphatic carbocycles. The van der Waals surface area contributed by atoms with Crippen molar-refractivity contribution in [3.8, 4) is 5.75 Å². The quantitative estimate of drug-likeness (QED) is 0.668. The van der Waals surface area contributed by atoms with Gasteiger partial charge in [0.25, 0.3) is 0 Å². The molecule has 2 rings (SSSR count). The van der Waals surface area contributed by atoms with Crippen LogP contribution in [0.5, 0.6) is 5.75 Å². The molecule has 4 nitrogen and oxygen atoms in total. The number of benzene rings is 2. The van der Waals surface area contributed by atoms with Gasteiger partial charge in [-0.1, -0.05) is 29.8 Å². The summed E-state index contributed by atoms with van der Waals surface area (Å²) in [5.74, 6) is -0.130. The van der Waals surface area contributed by atoms with Crippen LogP contribution in [-0.4, -0.2) is 24.8 Å². The number of ether oxygens (including phenoxy) is 1. The summed E-state index contributed by atoms with van der Waals surface area (Å²) in [6.45, 7) is 1.37. The number of carbonyl (C=O) groups is 2. The third-order valence-electron chi connectivity index (χ3n) is 4.16. The Bertz CT molecular complexity index is 789. The van der Waals surface area contributed by atoms with E-state index in [0.717, 1.165) is 16.7 Å². The molecule has 0 aliphatic rings. The van der Waals surface area contributed by atoms with Gasteiger partial charge in [0, 0.05) is 24.9 Å². The number of amides is 1. The summed E-state index contributed by atoms with van der Waals surface area (Å²) in [5.41, 5.74) is 3.47. The first-order chi connectivity index (χ1) is 12.8. The Labute approximate surface area is 157 Å². The molecule has 1 N–H and O–H groups in total. The number of alkyl halides is 2. The summed E-state index contributed by atoms with van der Waals surface area (Å²) in [5, 5.41) is 2.77. The van der Waals surface area contributed by atoms with Gasteiger partial charge in [0.2, 0.25) is 5.91 Å². The second-order valence-electron chi connectivity index (χ2n) is 6.36. The molecule has 0 spiro atoms. The molecule has 0 aromatic heterocycles. The molecular formula is C21H23F2NO3. The molecule has 0 bridgehead atoms. The summed E-state index contributed by atoms with van der Waals surface area (Å²) in [4.78, 5) is 24.2. The van der Waals surface area contributed by atoms with Crippen molar-refractivity contribution in [1.82, 2.24) is 5.32 Å². The van der Waals surface area contributed by atoms with Crippen LogP contribution >= 0.6 is 0 Å². The van der Waals surface area contributed by atoms with Crippen LogP contribution < -0.4 is 10.1 Å². The topological polar surface area (TPSA) is 55.4 Å². The zero-order chi connectivity index (χ0) is 19.8. The molecule has 0 radical (unpaired) electrons. The van der Waals surface area contributed by atoms with Crippen molar-refractivity contribution in [2.24, 2.45) is 0 Å². The Balaban J connectivity index is 1.73. The van der Waals surface area contributed by atoms with Crippen molar-refractivity contribution in [1.29, 1.82) is 0 Å². The van der Waals surface area contributed by atoms with E-state index in [-0.39, 0.29) is 30.3 Å². The van der Waals surface area contributed by atoms with E-state index >= 15 is 0 Å². The molecule has 6 heteroatoms. The van der Waals surface area contributed by atoms with E-state index in [1.165, 1.54) is 12.1 Å². The number of hydrogen-bond donors (Lipinski definition) is 1. The lowest BCUT2D eigenvalue weighted by Gasteiger charge is -2.08. The van der Waals surface area contributed by atoms with Crippen molar-refractivity contribution in [2.45, 2.75) is 39.7 Å². The number of aryl methyl sites for hydroxylation is 2. The fraction of sp³-hybridized carbons (Fsp3) is 0.333. The van der Waals surface area contributed by atoms with Crippen LogP contribution in [-0.2, 0) is 11.2 Å². The number of hydrogen-bond acceptors (Lipinski definition) is 3. The third kappa shape index (κ3) is 6.81. The van der Waals surface area contributed by atoms with Crippen LogP contribution in [0.4, 0.5) is 8.78 Å². The Kier molecular flexibility index (Phi) is 7.46. The van der Waals surface area contributed by atoms with Gasteiger partial charge in [-0.2, -0.15) is 8.78 Å². The van der Waals surface area contributed by atoms with Crippen LogP contribution in [0.1, 0.15) is 39.9 Å². The van der Waals surface area contributed by atoms with Crippen molar-refractivity contribution in [3.05, 3.63) is 64.7 Å². The van der Waals surface area contributed by atoms with E-state index < -0.39 is 6.61 Å². The Morgan fingerprint density at radius 3 is 2.41 bits per heavy atom. The van der Waals surface area contributed by atoms with E-state index in [1.807, 2.05) is 32.0 Å². The van der Waals surface area contributed by atoms with Crippen LogP contribution in [0, 0.1) is 13.8 Å². The molecule has 0 heterocycles. The second-order valence-corrected chi connectivity index (χ2v) is 6.36. The average Bonchev–Trinajstić information content (AvgIpc) is 2.62. The van der Waals surface area contributed by atoms with Gasteiger partial charge >= 0.3 is 6.61 Å². The summed E-state index contributed by atoms with van der Waals surface area (Å²) in [6, 6.07) is 12.0. The standard InChI is InChI=1S/C21H23F2NO3/c1-14-3-4-15(2)18(13-14)19(25)9-10-20(26)24-12-11-16-5-7-17(8-6-16)27-21(22)23/h3-8,13,21H,9-12H2,1-2H3,(H,24,26). The van der Waals surface area contributed by atoms with Crippen LogP contribution in [0.15, 0.2) is 42.5 Å². The van der Waals surface area contributed by atoms with Gasteiger partial charge in [0.1, 0.15) is 5.75 Å². The molecule has 0 saturated carbocycles. The molecule has 27 heavy (non-hydrogen) atoms. The minimum absolute atomic E-state index is 0.0408. The number of nitrogens with one attached hydrogen (secondary N) is 1. The lowest BCUT2D eigenvalue weighted by molar-refractivity contribution is -0.121. The SMILES string of the molecule is Cc1ccc(C)c(C(=O)CCC(=O)NCCc2ccc(OC(F)F)cc2)c1. The third-order valence-corrected chi connectivity index (χ3v) is 4.16. The first-order valence-electron chi connectivity index (χ1n) is 8.76. The Morgan fingerprint density at radius 1 is 1.04 bits per heavy atom. The molecule has 144 valence electrons. The normalized spacial score (nSPS) is 10.7. The fourth-order valence-electron chi connectivity index (χ4n) is 2.67. The summed E-state index contributed by atoms with van der Waals surface area (Å²) in [7, 11) is 0. The van der Waals surface area contributed by atoms with Gasteiger partial charge in [-0.3, -0.25) is 9.59 Å². The molecular weight excluding hydrogens is 352 g/mol. The van der Waals surface area contributed by atoms with Gasteiger partial charge in [-0.05, 0) is 49.6 Å². The highest BCUT2D eigenvalue weighted by molar-refractivity contribution is 5.99. The maximum atomic E-state index is 12.3. The highest BCUT2D eigenvalue weighted by Crippen LogP contribution is 2.15. The summed E-state index contributed by atoms with van der Waals surface area (Å²) < 4.78 is 28.5. The smallest absolute Gasteiger partial charge is 0.387 e. The summed E-state index contributed by atoms with van der Waals surface area (Å²) in [6.07, 6.45) is 0.856. The van der Waals surface area contributed by atoms with Crippen LogP contribution in [0.2, 0.25) is 0 Å². The van der Waals surface area contributed by atoms with Gasteiger partial charge in [0.05, 0.1) is 0 Å². The molecule has 0 saturated heterocycles. The minimum Gasteiger partial charge on any atom is -0.435 e. The monoisotopic (exact) mass is 375 g/mol. The van der Waals surface area contributed by atoms with Gasteiger partial charge < -0.3 is 10.1 Å². The van der Waals surface area contributed by atoms with E-state index in [1.54, 1.807) is 12.1 Å². The number of Topliss-reactive ketones (excluding diaryl/α,β-unsaturated/α-hetero) is 1. The van der Waals surface area contributed by atoms with Gasteiger partial charge in [-0.15, -0.1) is 0 Å². The molecule has 2 aromatic rings. The fourth-order valence-corrected chi connectivity index (χ4v) is 2.67. The van der Waals surface area contributed by atoms with E-state index in [9.17, 15) is 18.4 Å². The largest absolute Gasteiger partial charge is 0.435 e. The summed E-state index contributed by atoms with van der Waals surface area (Å²) >= 11 is 0. The lowest BCUT2D eigenvalue weighted by Crippen LogP contribution is -2.26. The van der Waals surface area contributed by atoms with Crippen molar-refractivity contribution >= 4 is 11.7 Å². The predicted molar refractivity (Wildman–Crippen MR) is 99.3 cm³/mol. The minimum atomic E-state index is -2.85. The van der Waals surface area contributed by atoms with E-state index in [4.69, 9.17) is 0 Å². The number of halogens is 2. The average molecular weight is 375 g/mol. The van der Waals surface area contributed by atoms with E-state index in [2.05, 4.69) is 10.1 Å². The molecule has 0 unspecified atom stereocenters. The highest BCUT2D eigenvalue weighted by atomic mass is 19.3. The zero-order valence-electron chi connectivity index (χ0n) is 15.4. The second kappa shape index (κ2) is 9.80. The lowest BCUT2D eigenvalue weighted by atomic mass is 9.99. The maximum absolute atomic E-state index is 12.3. The zero-order valence-corrected chi connectivity index (χ0v) is 15.4. The van der Waals surface area contributed by atoms with E-state index in [0.29, 0.717) is 18.5 Å². The van der Waals surface area contributed by atoms with Gasteiger partial charge in [0.15, 0.2) is 5.78 Å². The molecule has 2 aromatic carbocycles. The number of carbonyl (C=O) groups excluding carboxylic acids is 2. The van der Waals surface area contributed by atoms with Crippen LogP contribution in [0.25, 0.3) is 0 Å². The Morgan fingerprint density at radius 2 is 1.74 bits per heavy atom. The number of rotatable bonds is 9.